The molecule has 4 heteroatoms. The standard InChI is InChI=1S/C9H22N4/c1-10-6-7-12-13-8-9-4-2-3-5-11-9/h9-13H,2-8H2,1H3. The summed E-state index contributed by atoms with van der Waals surface area (Å²) in [7, 11) is 1.96. The molecule has 0 aromatic carbocycles. The van der Waals surface area contributed by atoms with Crippen LogP contribution in [0.1, 0.15) is 19.3 Å². The van der Waals surface area contributed by atoms with E-state index in [9.17, 15) is 0 Å². The first kappa shape index (κ1) is 10.9. The van der Waals surface area contributed by atoms with Crippen molar-refractivity contribution >= 4 is 0 Å². The molecular weight excluding hydrogens is 164 g/mol. The van der Waals surface area contributed by atoms with Crippen molar-refractivity contribution in [2.45, 2.75) is 25.3 Å². The zero-order valence-electron chi connectivity index (χ0n) is 8.53. The minimum Gasteiger partial charge on any atom is -0.318 e. The molecule has 13 heavy (non-hydrogen) atoms. The van der Waals surface area contributed by atoms with Crippen LogP contribution in [0.25, 0.3) is 0 Å². The van der Waals surface area contributed by atoms with Crippen LogP contribution < -0.4 is 21.5 Å². The van der Waals surface area contributed by atoms with Gasteiger partial charge in [-0.1, -0.05) is 6.42 Å². The van der Waals surface area contributed by atoms with E-state index in [1.807, 2.05) is 7.05 Å². The van der Waals surface area contributed by atoms with Gasteiger partial charge in [-0.25, -0.2) is 0 Å². The Hall–Kier alpha value is -0.160. The highest BCUT2D eigenvalue weighted by Crippen LogP contribution is 2.05. The molecule has 1 aliphatic rings. The third kappa shape index (κ3) is 5.21. The average molecular weight is 186 g/mol. The van der Waals surface area contributed by atoms with Crippen LogP contribution in [0.4, 0.5) is 0 Å². The number of likely N-dealkylation sites (N-methyl/N-ethyl adjacent to an activating group) is 1. The van der Waals surface area contributed by atoms with Gasteiger partial charge in [0.05, 0.1) is 0 Å². The van der Waals surface area contributed by atoms with Gasteiger partial charge in [0.15, 0.2) is 0 Å². The summed E-state index contributed by atoms with van der Waals surface area (Å²) in [6.45, 7) is 4.20. The molecule has 1 fully saturated rings. The highest BCUT2D eigenvalue weighted by molar-refractivity contribution is 4.73. The van der Waals surface area contributed by atoms with Crippen LogP contribution in [0.2, 0.25) is 0 Å². The van der Waals surface area contributed by atoms with E-state index < -0.39 is 0 Å². The van der Waals surface area contributed by atoms with Crippen molar-refractivity contribution in [3.8, 4) is 0 Å². The van der Waals surface area contributed by atoms with Gasteiger partial charge in [-0.05, 0) is 26.4 Å². The van der Waals surface area contributed by atoms with E-state index in [0.717, 1.165) is 19.6 Å². The summed E-state index contributed by atoms with van der Waals surface area (Å²) in [6, 6.07) is 0.663. The first-order valence-electron chi connectivity index (χ1n) is 5.27. The van der Waals surface area contributed by atoms with E-state index in [1.54, 1.807) is 0 Å². The molecule has 1 atom stereocenters. The molecule has 0 amide bonds. The number of piperidine rings is 1. The minimum atomic E-state index is 0.663. The molecule has 1 rings (SSSR count). The summed E-state index contributed by atoms with van der Waals surface area (Å²) in [6.07, 6.45) is 4.01. The average Bonchev–Trinajstić information content (AvgIpc) is 2.19. The van der Waals surface area contributed by atoms with E-state index in [2.05, 4.69) is 21.5 Å². The maximum absolute atomic E-state index is 3.49. The second kappa shape index (κ2) is 7.26. The van der Waals surface area contributed by atoms with Gasteiger partial charge in [-0.15, -0.1) is 0 Å². The molecule has 1 aliphatic heterocycles. The molecule has 0 saturated carbocycles. The van der Waals surface area contributed by atoms with Gasteiger partial charge in [0.1, 0.15) is 0 Å². The van der Waals surface area contributed by atoms with Crippen LogP contribution in [0.3, 0.4) is 0 Å². The smallest absolute Gasteiger partial charge is 0.0254 e. The molecular formula is C9H22N4. The second-order valence-electron chi connectivity index (χ2n) is 3.56. The quantitative estimate of drug-likeness (QED) is 0.332. The lowest BCUT2D eigenvalue weighted by Crippen LogP contribution is -2.47. The lowest BCUT2D eigenvalue weighted by molar-refractivity contribution is 0.364. The SMILES string of the molecule is CNCCNNCC1CCCCN1. The topological polar surface area (TPSA) is 48.1 Å². The van der Waals surface area contributed by atoms with Gasteiger partial charge in [-0.3, -0.25) is 10.9 Å². The minimum absolute atomic E-state index is 0.663. The summed E-state index contributed by atoms with van der Waals surface area (Å²) < 4.78 is 0. The van der Waals surface area contributed by atoms with Gasteiger partial charge < -0.3 is 10.6 Å². The molecule has 0 spiro atoms. The largest absolute Gasteiger partial charge is 0.318 e. The molecule has 4 N–H and O–H groups in total. The summed E-state index contributed by atoms with van der Waals surface area (Å²) in [5.41, 5.74) is 6.42. The molecule has 0 aromatic rings. The van der Waals surface area contributed by atoms with Gasteiger partial charge >= 0.3 is 0 Å². The van der Waals surface area contributed by atoms with Crippen LogP contribution in [0.15, 0.2) is 0 Å². The second-order valence-corrected chi connectivity index (χ2v) is 3.56. The molecule has 78 valence electrons. The first-order chi connectivity index (χ1) is 6.43. The van der Waals surface area contributed by atoms with Crippen LogP contribution in [-0.2, 0) is 0 Å². The Bertz CT molecular complexity index is 112. The van der Waals surface area contributed by atoms with Crippen molar-refractivity contribution in [3.63, 3.8) is 0 Å². The number of hydrazine groups is 1. The first-order valence-corrected chi connectivity index (χ1v) is 5.27. The van der Waals surface area contributed by atoms with Crippen LogP contribution in [0, 0.1) is 0 Å². The maximum atomic E-state index is 3.49. The van der Waals surface area contributed by atoms with Crippen molar-refractivity contribution in [2.24, 2.45) is 0 Å². The van der Waals surface area contributed by atoms with Gasteiger partial charge in [0, 0.05) is 25.7 Å². The fourth-order valence-corrected chi connectivity index (χ4v) is 1.57. The summed E-state index contributed by atoms with van der Waals surface area (Å²) in [5.74, 6) is 0. The van der Waals surface area contributed by atoms with Crippen LogP contribution in [-0.4, -0.2) is 39.3 Å². The highest BCUT2D eigenvalue weighted by atomic mass is 15.4. The van der Waals surface area contributed by atoms with E-state index in [4.69, 9.17) is 0 Å². The number of nitrogens with one attached hydrogen (secondary N) is 4. The predicted octanol–water partition coefficient (Wildman–Crippen LogP) is -0.558. The van der Waals surface area contributed by atoms with Crippen molar-refractivity contribution in [1.82, 2.24) is 21.5 Å². The van der Waals surface area contributed by atoms with E-state index in [-0.39, 0.29) is 0 Å². The molecule has 0 aromatic heterocycles. The summed E-state index contributed by atoms with van der Waals surface area (Å²) in [5, 5.41) is 6.58. The van der Waals surface area contributed by atoms with Crippen LogP contribution >= 0.6 is 0 Å². The molecule has 1 saturated heterocycles. The Morgan fingerprint density at radius 1 is 1.23 bits per heavy atom. The van der Waals surface area contributed by atoms with Crippen molar-refractivity contribution in [1.29, 1.82) is 0 Å². The number of hydrogen-bond acceptors (Lipinski definition) is 4. The monoisotopic (exact) mass is 186 g/mol. The zero-order chi connectivity index (χ0) is 9.36. The summed E-state index contributed by atoms with van der Waals surface area (Å²) in [4.78, 5) is 0. The molecule has 0 aliphatic carbocycles. The zero-order valence-corrected chi connectivity index (χ0v) is 8.53. The van der Waals surface area contributed by atoms with E-state index >= 15 is 0 Å². The van der Waals surface area contributed by atoms with E-state index in [0.29, 0.717) is 6.04 Å². The molecule has 0 radical (unpaired) electrons. The van der Waals surface area contributed by atoms with Gasteiger partial charge in [0.25, 0.3) is 0 Å². The van der Waals surface area contributed by atoms with Crippen molar-refractivity contribution in [3.05, 3.63) is 0 Å². The molecule has 4 nitrogen and oxygen atoms in total. The predicted molar refractivity (Wildman–Crippen MR) is 55.6 cm³/mol. The lowest BCUT2D eigenvalue weighted by Gasteiger charge is -2.23. The fraction of sp³-hybridized carbons (Fsp3) is 1.00. The van der Waals surface area contributed by atoms with Gasteiger partial charge in [-0.2, -0.15) is 0 Å². The fourth-order valence-electron chi connectivity index (χ4n) is 1.57. The number of rotatable bonds is 6. The summed E-state index contributed by atoms with van der Waals surface area (Å²) >= 11 is 0. The Balaban J connectivity index is 1.86. The Kier molecular flexibility index (Phi) is 6.10. The lowest BCUT2D eigenvalue weighted by atomic mass is 10.1. The van der Waals surface area contributed by atoms with E-state index in [1.165, 1.54) is 25.8 Å². The normalized spacial score (nSPS) is 23.3. The van der Waals surface area contributed by atoms with Crippen molar-refractivity contribution in [2.75, 3.05) is 33.2 Å². The molecule has 1 heterocycles. The Morgan fingerprint density at radius 2 is 2.15 bits per heavy atom. The third-order valence-electron chi connectivity index (χ3n) is 2.39. The Morgan fingerprint density at radius 3 is 2.85 bits per heavy atom. The highest BCUT2D eigenvalue weighted by Gasteiger charge is 2.10. The van der Waals surface area contributed by atoms with Crippen LogP contribution in [0.5, 0.6) is 0 Å². The molecule has 1 unspecified atom stereocenters. The Labute approximate surface area is 80.8 Å². The number of hydrogen-bond donors (Lipinski definition) is 4. The van der Waals surface area contributed by atoms with Crippen molar-refractivity contribution < 1.29 is 0 Å². The third-order valence-corrected chi connectivity index (χ3v) is 2.39. The molecule has 0 bridgehead atoms. The maximum Gasteiger partial charge on any atom is 0.0254 e. The van der Waals surface area contributed by atoms with Gasteiger partial charge in [0.2, 0.25) is 0 Å².